The molecular weight excluding hydrogens is 444 g/mol. The highest BCUT2D eigenvalue weighted by atomic mass is 32.1. The van der Waals surface area contributed by atoms with E-state index in [1.807, 2.05) is 54.7 Å². The first-order valence-corrected chi connectivity index (χ1v) is 12.2. The third-order valence-electron chi connectivity index (χ3n) is 5.97. The number of aryl methyl sites for hydroxylation is 2. The lowest BCUT2D eigenvalue weighted by atomic mass is 10.1. The standard InChI is InChI=1S/C26H28N6OS/c1-17-12-22(31(4)30-17)15-33-23-7-5-6-20(13-23)18(2)29-26-10-11-27-19(3)32(26)21-8-9-24-25(14-21)34-16-28-24/h5-14,16,18-19,29H,15H2,1-4H3. The minimum absolute atomic E-state index is 0.0120. The van der Waals surface area contributed by atoms with Crippen molar-refractivity contribution in [2.75, 3.05) is 4.90 Å². The first-order chi connectivity index (χ1) is 16.5. The van der Waals surface area contributed by atoms with Crippen molar-refractivity contribution in [1.82, 2.24) is 20.1 Å². The fourth-order valence-corrected chi connectivity index (χ4v) is 4.90. The number of aromatic nitrogens is 3. The highest BCUT2D eigenvalue weighted by Gasteiger charge is 2.22. The molecule has 0 aliphatic carbocycles. The Morgan fingerprint density at radius 2 is 2.06 bits per heavy atom. The van der Waals surface area contributed by atoms with E-state index < -0.39 is 0 Å². The molecule has 0 amide bonds. The molecule has 1 N–H and O–H groups in total. The Morgan fingerprint density at radius 3 is 2.88 bits per heavy atom. The minimum atomic E-state index is -0.0120. The Labute approximate surface area is 203 Å². The number of nitrogens with zero attached hydrogens (tertiary/aromatic N) is 5. The van der Waals surface area contributed by atoms with E-state index in [2.05, 4.69) is 69.5 Å². The average molecular weight is 473 g/mol. The molecule has 0 saturated carbocycles. The second kappa shape index (κ2) is 9.30. The molecule has 7 nitrogen and oxygen atoms in total. The molecule has 1 aliphatic rings. The number of benzene rings is 2. The van der Waals surface area contributed by atoms with E-state index in [1.54, 1.807) is 11.3 Å². The van der Waals surface area contributed by atoms with Crippen LogP contribution < -0.4 is 15.0 Å². The SMILES string of the molecule is Cc1cc(COc2cccc(C(C)NC3=CC=NC(C)N3c3ccc4ncsc4c3)c2)n(C)n1. The Hall–Kier alpha value is -3.65. The molecule has 4 aromatic rings. The predicted molar refractivity (Wildman–Crippen MR) is 138 cm³/mol. The number of fused-ring (bicyclic) bond motifs is 1. The van der Waals surface area contributed by atoms with Crippen molar-refractivity contribution in [3.8, 4) is 5.75 Å². The van der Waals surface area contributed by atoms with E-state index in [9.17, 15) is 0 Å². The molecule has 0 bridgehead atoms. The van der Waals surface area contributed by atoms with Crippen LogP contribution in [0.4, 0.5) is 5.69 Å². The second-order valence-corrected chi connectivity index (χ2v) is 9.37. The molecule has 174 valence electrons. The van der Waals surface area contributed by atoms with Gasteiger partial charge in [0.15, 0.2) is 0 Å². The first kappa shape index (κ1) is 22.2. The quantitative estimate of drug-likeness (QED) is 0.393. The minimum Gasteiger partial charge on any atom is -0.487 e. The van der Waals surface area contributed by atoms with Crippen molar-refractivity contribution in [2.24, 2.45) is 12.0 Å². The second-order valence-electron chi connectivity index (χ2n) is 8.48. The molecule has 8 heteroatoms. The van der Waals surface area contributed by atoms with Crippen LogP contribution in [-0.4, -0.2) is 27.1 Å². The maximum Gasteiger partial charge on any atom is 0.130 e. The Balaban J connectivity index is 1.32. The van der Waals surface area contributed by atoms with Crippen LogP contribution in [0.1, 0.15) is 36.8 Å². The van der Waals surface area contributed by atoms with Crippen molar-refractivity contribution in [1.29, 1.82) is 0 Å². The summed E-state index contributed by atoms with van der Waals surface area (Å²) < 4.78 is 9.10. The molecule has 2 atom stereocenters. The number of aliphatic imine (C=N–C) groups is 1. The molecule has 0 fully saturated rings. The molecule has 0 radical (unpaired) electrons. The Morgan fingerprint density at radius 1 is 1.18 bits per heavy atom. The van der Waals surface area contributed by atoms with Gasteiger partial charge in [0.1, 0.15) is 24.3 Å². The van der Waals surface area contributed by atoms with Gasteiger partial charge in [-0.2, -0.15) is 5.10 Å². The van der Waals surface area contributed by atoms with E-state index in [1.165, 1.54) is 4.70 Å². The summed E-state index contributed by atoms with van der Waals surface area (Å²) in [5.41, 5.74) is 7.18. The van der Waals surface area contributed by atoms with E-state index >= 15 is 0 Å². The fraction of sp³-hybridized carbons (Fsp3) is 0.269. The zero-order valence-corrected chi connectivity index (χ0v) is 20.6. The third kappa shape index (κ3) is 4.54. The van der Waals surface area contributed by atoms with Crippen molar-refractivity contribution >= 4 is 33.5 Å². The molecule has 2 aromatic heterocycles. The van der Waals surface area contributed by atoms with Crippen LogP contribution in [0, 0.1) is 6.92 Å². The largest absolute Gasteiger partial charge is 0.487 e. The molecule has 0 saturated heterocycles. The summed E-state index contributed by atoms with van der Waals surface area (Å²) in [6.45, 7) is 6.73. The van der Waals surface area contributed by atoms with Crippen LogP contribution >= 0.6 is 11.3 Å². The highest BCUT2D eigenvalue weighted by Crippen LogP contribution is 2.30. The van der Waals surface area contributed by atoms with Crippen molar-refractivity contribution in [3.05, 3.63) is 82.9 Å². The van der Waals surface area contributed by atoms with Crippen LogP contribution in [0.25, 0.3) is 10.2 Å². The lowest BCUT2D eigenvalue weighted by molar-refractivity contribution is 0.294. The first-order valence-electron chi connectivity index (χ1n) is 11.3. The fourth-order valence-electron chi connectivity index (χ4n) is 4.19. The zero-order chi connectivity index (χ0) is 23.7. The number of ether oxygens (including phenoxy) is 1. The van der Waals surface area contributed by atoms with Crippen molar-refractivity contribution < 1.29 is 4.74 Å². The number of hydrogen-bond donors (Lipinski definition) is 1. The zero-order valence-electron chi connectivity index (χ0n) is 19.8. The van der Waals surface area contributed by atoms with Crippen LogP contribution in [-0.2, 0) is 13.7 Å². The van der Waals surface area contributed by atoms with Gasteiger partial charge in [-0.3, -0.25) is 9.67 Å². The highest BCUT2D eigenvalue weighted by molar-refractivity contribution is 7.16. The summed E-state index contributed by atoms with van der Waals surface area (Å²) in [7, 11) is 1.94. The maximum absolute atomic E-state index is 6.07. The summed E-state index contributed by atoms with van der Waals surface area (Å²) in [6.07, 6.45) is 3.89. The normalized spacial score (nSPS) is 16.5. The van der Waals surface area contributed by atoms with Gasteiger partial charge in [-0.25, -0.2) is 4.98 Å². The van der Waals surface area contributed by atoms with E-state index in [-0.39, 0.29) is 12.2 Å². The van der Waals surface area contributed by atoms with Gasteiger partial charge in [0.25, 0.3) is 0 Å². The number of anilines is 1. The van der Waals surface area contributed by atoms with Crippen LogP contribution in [0.5, 0.6) is 5.75 Å². The molecule has 1 aliphatic heterocycles. The van der Waals surface area contributed by atoms with E-state index in [4.69, 9.17) is 4.74 Å². The molecule has 34 heavy (non-hydrogen) atoms. The summed E-state index contributed by atoms with van der Waals surface area (Å²) in [6, 6.07) is 16.7. The van der Waals surface area contributed by atoms with Gasteiger partial charge >= 0.3 is 0 Å². The summed E-state index contributed by atoms with van der Waals surface area (Å²) in [5, 5.41) is 8.07. The van der Waals surface area contributed by atoms with Gasteiger partial charge < -0.3 is 15.0 Å². The monoisotopic (exact) mass is 472 g/mol. The smallest absolute Gasteiger partial charge is 0.130 e. The molecule has 5 rings (SSSR count). The van der Waals surface area contributed by atoms with Crippen molar-refractivity contribution in [3.63, 3.8) is 0 Å². The third-order valence-corrected chi connectivity index (χ3v) is 6.76. The molecule has 0 spiro atoms. The number of allylic oxidation sites excluding steroid dienone is 1. The Bertz CT molecular complexity index is 1370. The number of hydrogen-bond acceptors (Lipinski definition) is 7. The lowest BCUT2D eigenvalue weighted by Crippen LogP contribution is -2.40. The summed E-state index contributed by atoms with van der Waals surface area (Å²) >= 11 is 1.65. The Kier molecular flexibility index (Phi) is 6.06. The average Bonchev–Trinajstić information content (AvgIpc) is 3.42. The van der Waals surface area contributed by atoms with Gasteiger partial charge in [0, 0.05) is 18.9 Å². The van der Waals surface area contributed by atoms with Gasteiger partial charge in [-0.05, 0) is 68.8 Å². The molecular formula is C26H28N6OS. The van der Waals surface area contributed by atoms with E-state index in [0.717, 1.165) is 39.7 Å². The number of thiazole rings is 1. The number of nitrogens with one attached hydrogen (secondary N) is 1. The van der Waals surface area contributed by atoms with Crippen LogP contribution in [0.15, 0.2) is 70.9 Å². The summed E-state index contributed by atoms with van der Waals surface area (Å²) in [5.74, 6) is 1.85. The lowest BCUT2D eigenvalue weighted by Gasteiger charge is -2.35. The van der Waals surface area contributed by atoms with Gasteiger partial charge in [-0.15, -0.1) is 11.3 Å². The maximum atomic E-state index is 6.07. The molecule has 2 aromatic carbocycles. The van der Waals surface area contributed by atoms with E-state index in [0.29, 0.717) is 6.61 Å². The van der Waals surface area contributed by atoms with Crippen LogP contribution in [0.2, 0.25) is 0 Å². The van der Waals surface area contributed by atoms with Crippen LogP contribution in [0.3, 0.4) is 0 Å². The van der Waals surface area contributed by atoms with Gasteiger partial charge in [0.05, 0.1) is 33.2 Å². The van der Waals surface area contributed by atoms with Crippen molar-refractivity contribution in [2.45, 2.75) is 39.6 Å². The topological polar surface area (TPSA) is 67.6 Å². The summed E-state index contributed by atoms with van der Waals surface area (Å²) in [4.78, 5) is 11.2. The van der Waals surface area contributed by atoms with Gasteiger partial charge in [0.2, 0.25) is 0 Å². The molecule has 2 unspecified atom stereocenters. The predicted octanol–water partition coefficient (Wildman–Crippen LogP) is 5.35. The number of rotatable bonds is 7. The van der Waals surface area contributed by atoms with Gasteiger partial charge in [-0.1, -0.05) is 12.1 Å². The molecule has 3 heterocycles.